The smallest absolute Gasteiger partial charge is 0.358 e. The van der Waals surface area contributed by atoms with E-state index in [1.54, 1.807) is 44.9 Å². The molecule has 2 atom stereocenters. The first-order chi connectivity index (χ1) is 21.0. The summed E-state index contributed by atoms with van der Waals surface area (Å²) in [5.74, 6) is -1.66. The number of β-lactam (4-membered cyclic amide) rings is 1. The van der Waals surface area contributed by atoms with E-state index >= 15 is 0 Å². The van der Waals surface area contributed by atoms with Crippen molar-refractivity contribution in [2.45, 2.75) is 56.3 Å². The average molecular weight is 665 g/mol. The van der Waals surface area contributed by atoms with Gasteiger partial charge in [-0.05, 0) is 45.2 Å². The number of allylic oxidation sites excluding steroid dienone is 1. The van der Waals surface area contributed by atoms with E-state index in [9.17, 15) is 24.4 Å². The molecule has 0 spiro atoms. The molecule has 0 aliphatic carbocycles. The van der Waals surface area contributed by atoms with Crippen molar-refractivity contribution >= 4 is 69.7 Å². The molecule has 4 heterocycles. The minimum absolute atomic E-state index is 0.00378. The van der Waals surface area contributed by atoms with Gasteiger partial charge in [0.15, 0.2) is 5.13 Å². The van der Waals surface area contributed by atoms with Gasteiger partial charge in [-0.15, -0.1) is 0 Å². The van der Waals surface area contributed by atoms with Crippen LogP contribution in [0.3, 0.4) is 0 Å². The quantitative estimate of drug-likeness (QED) is 0.0480. The summed E-state index contributed by atoms with van der Waals surface area (Å²) in [4.78, 5) is 62.8. The zero-order chi connectivity index (χ0) is 32.0. The Bertz CT molecular complexity index is 1490. The van der Waals surface area contributed by atoms with Crippen molar-refractivity contribution in [3.63, 3.8) is 0 Å². The number of hydrogen-bond donors (Lipinski definition) is 4. The predicted octanol–water partition coefficient (Wildman–Crippen LogP) is 1.47. The highest BCUT2D eigenvalue weighted by Crippen LogP contribution is 2.44. The lowest BCUT2D eigenvalue weighted by Crippen LogP contribution is -2.72. The topological polar surface area (TPSA) is 225 Å². The van der Waals surface area contributed by atoms with Crippen LogP contribution in [0.25, 0.3) is 0 Å². The zero-order valence-corrected chi connectivity index (χ0v) is 26.6. The van der Waals surface area contributed by atoms with E-state index in [1.807, 2.05) is 6.07 Å². The number of aromatic nitrogens is 3. The number of ether oxygens (including phenoxy) is 2. The molecule has 0 radical (unpaired) electrons. The number of amides is 2. The summed E-state index contributed by atoms with van der Waals surface area (Å²) in [6, 6.07) is 0.208. The molecular formula is C26H32N8O7S3. The van der Waals surface area contributed by atoms with Crippen LogP contribution >= 0.6 is 35.1 Å². The monoisotopic (exact) mass is 664 g/mol. The molecule has 18 heteroatoms. The molecule has 0 aromatic carbocycles. The average Bonchev–Trinajstić information content (AvgIpc) is 3.41. The summed E-state index contributed by atoms with van der Waals surface area (Å²) in [5.41, 5.74) is 10.8. The first kappa shape index (κ1) is 33.2. The number of pyridine rings is 1. The highest BCUT2D eigenvalue weighted by Gasteiger charge is 2.54. The Kier molecular flexibility index (Phi) is 10.8. The van der Waals surface area contributed by atoms with E-state index in [1.165, 1.54) is 16.7 Å². The van der Waals surface area contributed by atoms with Crippen molar-refractivity contribution in [3.05, 3.63) is 40.5 Å². The minimum atomic E-state index is -1.02. The second kappa shape index (κ2) is 14.4. The second-order valence-corrected chi connectivity index (χ2v) is 13.6. The van der Waals surface area contributed by atoms with E-state index in [0.717, 1.165) is 27.7 Å². The number of fused-ring (bicyclic) bond motifs is 1. The fraction of sp³-hybridized carbons (Fsp3) is 0.462. The molecule has 236 valence electrons. The third-order valence-corrected chi connectivity index (χ3v) is 9.29. The van der Waals surface area contributed by atoms with E-state index < -0.39 is 53.8 Å². The molecule has 15 nitrogen and oxygen atoms in total. The maximum Gasteiger partial charge on any atom is 0.358 e. The summed E-state index contributed by atoms with van der Waals surface area (Å²) >= 11 is 3.78. The van der Waals surface area contributed by atoms with Crippen LogP contribution in [0.2, 0.25) is 0 Å². The van der Waals surface area contributed by atoms with Crippen molar-refractivity contribution in [1.29, 1.82) is 0 Å². The lowest BCUT2D eigenvalue weighted by molar-refractivity contribution is -0.174. The van der Waals surface area contributed by atoms with Crippen LogP contribution in [-0.4, -0.2) is 85.1 Å². The Labute approximate surface area is 265 Å². The number of nitrogens with one attached hydrogen (secondary N) is 1. The molecule has 2 aromatic rings. The molecule has 1 saturated heterocycles. The number of esters is 2. The maximum absolute atomic E-state index is 13.5. The molecule has 2 aliphatic heterocycles. The van der Waals surface area contributed by atoms with Crippen LogP contribution in [0.5, 0.6) is 0 Å². The number of carbonyl (C=O) groups excluding carboxylic acids is 4. The number of rotatable bonds is 12. The number of nitrogens with two attached hydrogens (primary N) is 2. The maximum atomic E-state index is 13.5. The molecule has 0 bridgehead atoms. The molecule has 4 rings (SSSR count). The van der Waals surface area contributed by atoms with Crippen molar-refractivity contribution in [2.24, 2.45) is 16.3 Å². The van der Waals surface area contributed by atoms with Crippen LogP contribution in [0.15, 0.2) is 39.1 Å². The number of oxime groups is 1. The molecule has 2 aliphatic rings. The number of nitrogens with zero attached hydrogens (tertiary/aromatic N) is 5. The van der Waals surface area contributed by atoms with Gasteiger partial charge in [-0.2, -0.15) is 21.1 Å². The van der Waals surface area contributed by atoms with Gasteiger partial charge in [0, 0.05) is 51.8 Å². The normalized spacial score (nSPS) is 18.4. The van der Waals surface area contributed by atoms with Gasteiger partial charge in [-0.25, -0.2) is 4.79 Å². The Morgan fingerprint density at radius 1 is 1.30 bits per heavy atom. The second-order valence-electron chi connectivity index (χ2n) is 10.6. The van der Waals surface area contributed by atoms with Gasteiger partial charge < -0.3 is 31.5 Å². The first-order valence-electron chi connectivity index (χ1n) is 13.4. The largest absolute Gasteiger partial charge is 0.427 e. The van der Waals surface area contributed by atoms with Crippen LogP contribution < -0.4 is 16.8 Å². The van der Waals surface area contributed by atoms with Crippen LogP contribution in [0.4, 0.5) is 5.13 Å². The lowest BCUT2D eigenvalue weighted by atomic mass is 9.86. The van der Waals surface area contributed by atoms with E-state index in [2.05, 4.69) is 24.8 Å². The molecule has 44 heavy (non-hydrogen) atoms. The van der Waals surface area contributed by atoms with Crippen molar-refractivity contribution in [2.75, 3.05) is 24.8 Å². The Hall–Kier alpha value is -3.74. The summed E-state index contributed by atoms with van der Waals surface area (Å²) in [6.07, 6.45) is 4.17. The van der Waals surface area contributed by atoms with Gasteiger partial charge in [0.05, 0.1) is 11.5 Å². The number of nitrogen functional groups attached to an aromatic ring is 1. The zero-order valence-electron chi connectivity index (χ0n) is 24.1. The Morgan fingerprint density at radius 3 is 2.73 bits per heavy atom. The van der Waals surface area contributed by atoms with Crippen LogP contribution in [0.1, 0.15) is 45.0 Å². The number of carbonyl (C=O) groups is 4. The fourth-order valence-electron chi connectivity index (χ4n) is 4.29. The summed E-state index contributed by atoms with van der Waals surface area (Å²) in [6.45, 7) is 4.89. The molecule has 0 saturated carbocycles. The van der Waals surface area contributed by atoms with Gasteiger partial charge in [-0.1, -0.05) is 16.9 Å². The van der Waals surface area contributed by atoms with Crippen molar-refractivity contribution < 1.29 is 33.9 Å². The van der Waals surface area contributed by atoms with Gasteiger partial charge in [-0.3, -0.25) is 24.3 Å². The number of thioether (sulfide) groups is 2. The third kappa shape index (κ3) is 7.48. The van der Waals surface area contributed by atoms with E-state index in [-0.39, 0.29) is 16.7 Å². The van der Waals surface area contributed by atoms with Crippen molar-refractivity contribution in [1.82, 2.24) is 24.6 Å². The summed E-state index contributed by atoms with van der Waals surface area (Å²) < 4.78 is 14.3. The number of hydrogen-bond acceptors (Lipinski definition) is 16. The van der Waals surface area contributed by atoms with E-state index in [0.29, 0.717) is 30.0 Å². The molecule has 1 fully saturated rings. The summed E-state index contributed by atoms with van der Waals surface area (Å²) in [5, 5.41) is 15.0. The summed E-state index contributed by atoms with van der Waals surface area (Å²) in [7, 11) is 0. The predicted molar refractivity (Wildman–Crippen MR) is 163 cm³/mol. The SMILES string of the molecule is CC(C)(C)C(=O)OCOC(=O)C1=C(Sc2ccncc2CSCCN)CCC2[C@H](NC(=O)/C(=N\O)c3nsc(N)n3)C(=O)N12. The standard InChI is InChI=1S/C26H32N8O7S3/c1-26(2,3)24(38)41-12-40-23(37)19-16(43-15-6-8-29-10-13(15)11-42-9-7-27)5-4-14-17(22(36)34(14)19)30-21(35)18(32-39)20-31-25(28)44-33-20/h6,8,10,14,17,39H,4-5,7,9,11-12,27H2,1-3H3,(H,30,35)(H2,28,31,33)/b32-18-/t14?,17-/m0/s1. The van der Waals surface area contributed by atoms with Crippen LogP contribution in [0, 0.1) is 5.41 Å². The fourth-order valence-corrected chi connectivity index (χ4v) is 6.73. The lowest BCUT2D eigenvalue weighted by Gasteiger charge is -2.50. The van der Waals surface area contributed by atoms with Gasteiger partial charge in [0.2, 0.25) is 18.3 Å². The van der Waals surface area contributed by atoms with Crippen molar-refractivity contribution in [3.8, 4) is 0 Å². The third-order valence-electron chi connectivity index (χ3n) is 6.44. The van der Waals surface area contributed by atoms with Gasteiger partial charge in [0.25, 0.3) is 11.8 Å². The molecule has 2 amide bonds. The molecule has 6 N–H and O–H groups in total. The van der Waals surface area contributed by atoms with Gasteiger partial charge >= 0.3 is 11.9 Å². The Balaban J connectivity index is 1.57. The number of anilines is 1. The van der Waals surface area contributed by atoms with Gasteiger partial charge in [0.1, 0.15) is 11.7 Å². The van der Waals surface area contributed by atoms with E-state index in [4.69, 9.17) is 20.9 Å². The molecule has 2 aromatic heterocycles. The minimum Gasteiger partial charge on any atom is -0.427 e. The highest BCUT2D eigenvalue weighted by atomic mass is 32.2. The molecular weight excluding hydrogens is 633 g/mol. The highest BCUT2D eigenvalue weighted by molar-refractivity contribution is 8.03. The first-order valence-corrected chi connectivity index (χ1v) is 16.1. The molecule has 1 unspecified atom stereocenters. The van der Waals surface area contributed by atoms with Crippen LogP contribution in [-0.2, 0) is 34.4 Å². The Morgan fingerprint density at radius 2 is 2.07 bits per heavy atom.